The lowest BCUT2D eigenvalue weighted by atomic mass is 9.67. The summed E-state index contributed by atoms with van der Waals surface area (Å²) in [5.41, 5.74) is 16.7. The van der Waals surface area contributed by atoms with Gasteiger partial charge >= 0.3 is 0 Å². The fourth-order valence-electron chi connectivity index (χ4n) is 9.26. The number of hydrogen-bond donors (Lipinski definition) is 0. The second kappa shape index (κ2) is 13.4. The molecule has 0 saturated heterocycles. The van der Waals surface area contributed by atoms with Crippen molar-refractivity contribution in [3.05, 3.63) is 247 Å². The lowest BCUT2D eigenvalue weighted by Gasteiger charge is -2.35. The molecule has 9 aromatic carbocycles. The van der Waals surface area contributed by atoms with Crippen molar-refractivity contribution in [2.45, 2.75) is 5.41 Å². The molecule has 0 saturated carbocycles. The highest BCUT2D eigenvalue weighted by atomic mass is 16.3. The molecule has 0 atom stereocenters. The summed E-state index contributed by atoms with van der Waals surface area (Å²) < 4.78 is 6.61. The molecule has 268 valence electrons. The van der Waals surface area contributed by atoms with Gasteiger partial charge in [-0.15, -0.1) is 0 Å². The van der Waals surface area contributed by atoms with Gasteiger partial charge in [0, 0.05) is 16.8 Å². The van der Waals surface area contributed by atoms with Crippen molar-refractivity contribution in [2.75, 3.05) is 4.90 Å². The Kier molecular flexibility index (Phi) is 7.75. The molecule has 0 fully saturated rings. The van der Waals surface area contributed by atoms with Crippen molar-refractivity contribution < 1.29 is 4.42 Å². The zero-order valence-electron chi connectivity index (χ0n) is 31.2. The van der Waals surface area contributed by atoms with Gasteiger partial charge in [-0.2, -0.15) is 0 Å². The first-order valence-corrected chi connectivity index (χ1v) is 19.6. The smallest absolute Gasteiger partial charge is 0.137 e. The quantitative estimate of drug-likeness (QED) is 0.163. The highest BCUT2D eigenvalue weighted by Gasteiger charge is 2.46. The SMILES string of the molecule is c1ccc(-c2ccc(N(c3cccc(C4(c5ccccc5)c5ccccc5-c5ccccc54)c3)c3cccc4oc5ccc(-c6ccccc6)cc5c34)cc2)cc1. The maximum Gasteiger partial charge on any atom is 0.137 e. The van der Waals surface area contributed by atoms with E-state index in [1.165, 1.54) is 50.1 Å². The van der Waals surface area contributed by atoms with Crippen LogP contribution in [0.15, 0.2) is 229 Å². The highest BCUT2D eigenvalue weighted by molar-refractivity contribution is 6.14. The summed E-state index contributed by atoms with van der Waals surface area (Å²) in [5, 5.41) is 2.17. The van der Waals surface area contributed by atoms with Crippen LogP contribution in [-0.4, -0.2) is 0 Å². The van der Waals surface area contributed by atoms with Crippen molar-refractivity contribution in [3.8, 4) is 33.4 Å². The van der Waals surface area contributed by atoms with Crippen molar-refractivity contribution in [1.29, 1.82) is 0 Å². The standard InChI is InChI=1S/C55H37NO/c1-4-16-38(17-5-1)40-30-33-44(34-31-40)56(51-28-15-29-53-54(51)48-36-41(32-35-52(48)57-53)39-18-6-2-7-19-39)45-23-14-22-43(37-45)55(42-20-8-3-9-21-42)49-26-12-10-24-46(49)47-25-11-13-27-50(47)55/h1-37H. The summed E-state index contributed by atoms with van der Waals surface area (Å²) in [6.07, 6.45) is 0. The van der Waals surface area contributed by atoms with Gasteiger partial charge in [-0.25, -0.2) is 0 Å². The third-order valence-electron chi connectivity index (χ3n) is 11.8. The summed E-state index contributed by atoms with van der Waals surface area (Å²) in [4.78, 5) is 2.41. The van der Waals surface area contributed by atoms with E-state index in [0.29, 0.717) is 0 Å². The molecule has 1 heterocycles. The maximum absolute atomic E-state index is 6.61. The van der Waals surface area contributed by atoms with Gasteiger partial charge in [0.2, 0.25) is 0 Å². The van der Waals surface area contributed by atoms with Crippen LogP contribution in [0.2, 0.25) is 0 Å². The van der Waals surface area contributed by atoms with E-state index in [4.69, 9.17) is 4.42 Å². The van der Waals surface area contributed by atoms with E-state index in [-0.39, 0.29) is 0 Å². The van der Waals surface area contributed by atoms with E-state index < -0.39 is 5.41 Å². The van der Waals surface area contributed by atoms with Gasteiger partial charge in [-0.05, 0) is 104 Å². The first kappa shape index (κ1) is 33.0. The molecular formula is C55H37NO. The molecule has 1 aliphatic rings. The minimum atomic E-state index is -0.522. The van der Waals surface area contributed by atoms with Crippen molar-refractivity contribution >= 4 is 39.0 Å². The highest BCUT2D eigenvalue weighted by Crippen LogP contribution is 2.56. The van der Waals surface area contributed by atoms with Crippen molar-refractivity contribution in [2.24, 2.45) is 0 Å². The average Bonchev–Trinajstić information content (AvgIpc) is 3.82. The Hall–Kier alpha value is -7.42. The first-order valence-electron chi connectivity index (χ1n) is 19.6. The Bertz CT molecular complexity index is 3010. The van der Waals surface area contributed by atoms with E-state index in [9.17, 15) is 0 Å². The van der Waals surface area contributed by atoms with Crippen LogP contribution in [0.3, 0.4) is 0 Å². The molecule has 57 heavy (non-hydrogen) atoms. The van der Waals surface area contributed by atoms with Gasteiger partial charge in [0.05, 0.1) is 16.5 Å². The van der Waals surface area contributed by atoms with E-state index in [1.807, 2.05) is 0 Å². The fourth-order valence-corrected chi connectivity index (χ4v) is 9.26. The van der Waals surface area contributed by atoms with Gasteiger partial charge in [0.1, 0.15) is 11.2 Å². The molecular weight excluding hydrogens is 691 g/mol. The maximum atomic E-state index is 6.61. The molecule has 1 aliphatic carbocycles. The Morgan fingerprint density at radius 1 is 0.351 bits per heavy atom. The van der Waals surface area contributed by atoms with E-state index in [0.717, 1.165) is 44.6 Å². The second-order valence-corrected chi connectivity index (χ2v) is 14.8. The zero-order valence-corrected chi connectivity index (χ0v) is 31.2. The minimum absolute atomic E-state index is 0.522. The zero-order chi connectivity index (χ0) is 37.8. The summed E-state index contributed by atoms with van der Waals surface area (Å²) in [6, 6.07) is 81.2. The average molecular weight is 728 g/mol. The fraction of sp³-hybridized carbons (Fsp3) is 0.0182. The van der Waals surface area contributed by atoms with Gasteiger partial charge in [-0.3, -0.25) is 0 Å². The number of fused-ring (bicyclic) bond motifs is 6. The van der Waals surface area contributed by atoms with Crippen LogP contribution in [-0.2, 0) is 5.41 Å². The van der Waals surface area contributed by atoms with Gasteiger partial charge in [0.25, 0.3) is 0 Å². The Labute approximate surface area is 332 Å². The molecule has 0 spiro atoms. The summed E-state index contributed by atoms with van der Waals surface area (Å²) in [6.45, 7) is 0. The normalized spacial score (nSPS) is 12.7. The van der Waals surface area contributed by atoms with Crippen LogP contribution in [0.4, 0.5) is 17.1 Å². The van der Waals surface area contributed by atoms with E-state index in [2.05, 4.69) is 229 Å². The third kappa shape index (κ3) is 5.26. The second-order valence-electron chi connectivity index (χ2n) is 14.8. The molecule has 11 rings (SSSR count). The molecule has 1 aromatic heterocycles. The third-order valence-corrected chi connectivity index (χ3v) is 11.8. The predicted octanol–water partition coefficient (Wildman–Crippen LogP) is 14.8. The number of rotatable bonds is 7. The predicted molar refractivity (Wildman–Crippen MR) is 237 cm³/mol. The lowest BCUT2D eigenvalue weighted by molar-refractivity contribution is 0.669. The number of nitrogens with zero attached hydrogens (tertiary/aromatic N) is 1. The van der Waals surface area contributed by atoms with Crippen LogP contribution >= 0.6 is 0 Å². The van der Waals surface area contributed by atoms with Crippen LogP contribution in [0, 0.1) is 0 Å². The van der Waals surface area contributed by atoms with Crippen LogP contribution in [0.5, 0.6) is 0 Å². The molecule has 0 radical (unpaired) electrons. The van der Waals surface area contributed by atoms with Crippen molar-refractivity contribution in [3.63, 3.8) is 0 Å². The van der Waals surface area contributed by atoms with E-state index in [1.54, 1.807) is 0 Å². The molecule has 0 unspecified atom stereocenters. The van der Waals surface area contributed by atoms with Crippen molar-refractivity contribution in [1.82, 2.24) is 0 Å². The lowest BCUT2D eigenvalue weighted by Crippen LogP contribution is -2.28. The van der Waals surface area contributed by atoms with Gasteiger partial charge in [-0.1, -0.05) is 176 Å². The largest absolute Gasteiger partial charge is 0.456 e. The number of furan rings is 1. The van der Waals surface area contributed by atoms with Gasteiger partial charge < -0.3 is 9.32 Å². The summed E-state index contributed by atoms with van der Waals surface area (Å²) in [5.74, 6) is 0. The van der Waals surface area contributed by atoms with E-state index >= 15 is 0 Å². The minimum Gasteiger partial charge on any atom is -0.456 e. The summed E-state index contributed by atoms with van der Waals surface area (Å²) >= 11 is 0. The van der Waals surface area contributed by atoms with Crippen LogP contribution in [0.25, 0.3) is 55.3 Å². The Balaban J connectivity index is 1.17. The monoisotopic (exact) mass is 727 g/mol. The molecule has 0 N–H and O–H groups in total. The number of benzene rings is 9. The number of anilines is 3. The molecule has 10 aromatic rings. The number of hydrogen-bond acceptors (Lipinski definition) is 2. The Morgan fingerprint density at radius 2 is 0.895 bits per heavy atom. The molecule has 2 nitrogen and oxygen atoms in total. The first-order chi connectivity index (χ1) is 28.3. The Morgan fingerprint density at radius 3 is 1.58 bits per heavy atom. The molecule has 0 amide bonds. The molecule has 0 bridgehead atoms. The van der Waals surface area contributed by atoms with Gasteiger partial charge in [0.15, 0.2) is 0 Å². The topological polar surface area (TPSA) is 16.4 Å². The van der Waals surface area contributed by atoms with Crippen LogP contribution < -0.4 is 4.90 Å². The molecule has 0 aliphatic heterocycles. The van der Waals surface area contributed by atoms with Crippen LogP contribution in [0.1, 0.15) is 22.3 Å². The summed E-state index contributed by atoms with van der Waals surface area (Å²) in [7, 11) is 0. The molecule has 2 heteroatoms.